The van der Waals surface area contributed by atoms with E-state index in [9.17, 15) is 27.1 Å². The Morgan fingerprint density at radius 2 is 1.60 bits per heavy atom. The minimum Gasteiger partial charge on any atom is -0.497 e. The number of methoxy groups -OCH3 is 2. The topological polar surface area (TPSA) is 120 Å². The van der Waals surface area contributed by atoms with Crippen LogP contribution in [0.25, 0.3) is 21.7 Å². The van der Waals surface area contributed by atoms with Crippen molar-refractivity contribution >= 4 is 43.4 Å². The molecule has 258 valence electrons. The molecule has 2 aromatic heterocycles. The molecule has 0 fully saturated rings. The highest BCUT2D eigenvalue weighted by atomic mass is 32.2. The van der Waals surface area contributed by atoms with Crippen LogP contribution in [0.2, 0.25) is 0 Å². The predicted octanol–water partition coefficient (Wildman–Crippen LogP) is 6.58. The zero-order valence-electron chi connectivity index (χ0n) is 27.6. The minimum atomic E-state index is -3.86. The van der Waals surface area contributed by atoms with E-state index in [2.05, 4.69) is 0 Å². The Morgan fingerprint density at radius 3 is 2.26 bits per heavy atom. The van der Waals surface area contributed by atoms with Crippen LogP contribution < -0.4 is 13.8 Å². The number of esters is 1. The van der Waals surface area contributed by atoms with E-state index in [-0.39, 0.29) is 52.8 Å². The smallest absolute Gasteiger partial charge is 0.338 e. The molecular formula is C37H33F2N3O7S. The van der Waals surface area contributed by atoms with Gasteiger partial charge in [0, 0.05) is 30.2 Å². The normalized spacial score (nSPS) is 11.6. The standard InChI is InChI=1S/C37H33F2N3O7S/c1-41(50(4,45)46)34-30-16-24(15-22-5-10-26(38)11-6-22)18-40-33(30)35(49-21-23-7-13-28(47-2)14-8-23)32-31(34)20-42(36(32)43)19-25-9-12-27(39)17-29(25)37(44)48-3/h5-14,16-18,20,43H,15,19,21H2,1-4H3. The molecule has 0 aliphatic carbocycles. The number of carbonyl (C=O) groups excluding carboxylic acids is 1. The van der Waals surface area contributed by atoms with Crippen molar-refractivity contribution in [3.05, 3.63) is 125 Å². The fraction of sp³-hybridized carbons (Fsp3) is 0.189. The van der Waals surface area contributed by atoms with Gasteiger partial charge in [0.25, 0.3) is 0 Å². The Morgan fingerprint density at radius 1 is 0.920 bits per heavy atom. The molecule has 2 heterocycles. The Balaban J connectivity index is 1.59. The van der Waals surface area contributed by atoms with E-state index in [0.717, 1.165) is 27.8 Å². The van der Waals surface area contributed by atoms with Gasteiger partial charge in [-0.15, -0.1) is 0 Å². The number of nitrogens with zero attached hydrogens (tertiary/aromatic N) is 3. The number of anilines is 1. The number of carbonyl (C=O) groups is 1. The second-order valence-electron chi connectivity index (χ2n) is 11.8. The molecular weight excluding hydrogens is 668 g/mol. The van der Waals surface area contributed by atoms with Crippen LogP contribution >= 0.6 is 0 Å². The first-order chi connectivity index (χ1) is 23.9. The lowest BCUT2D eigenvalue weighted by Gasteiger charge is -2.22. The second kappa shape index (κ2) is 13.7. The van der Waals surface area contributed by atoms with Crippen molar-refractivity contribution in [1.29, 1.82) is 0 Å². The molecule has 13 heteroatoms. The highest BCUT2D eigenvalue weighted by molar-refractivity contribution is 7.92. The summed E-state index contributed by atoms with van der Waals surface area (Å²) < 4.78 is 73.1. The molecule has 0 unspecified atom stereocenters. The lowest BCUT2D eigenvalue weighted by molar-refractivity contribution is 0.0598. The molecule has 0 aliphatic rings. The van der Waals surface area contributed by atoms with Gasteiger partial charge in [0.05, 0.1) is 43.7 Å². The summed E-state index contributed by atoms with van der Waals surface area (Å²) in [6, 6.07) is 18.7. The second-order valence-corrected chi connectivity index (χ2v) is 13.8. The molecule has 0 saturated heterocycles. The van der Waals surface area contributed by atoms with Crippen LogP contribution in [-0.4, -0.2) is 56.6 Å². The van der Waals surface area contributed by atoms with Crippen molar-refractivity contribution in [2.24, 2.45) is 0 Å². The largest absolute Gasteiger partial charge is 0.497 e. The van der Waals surface area contributed by atoms with Crippen LogP contribution in [-0.2, 0) is 34.3 Å². The molecule has 0 aliphatic heterocycles. The van der Waals surface area contributed by atoms with Gasteiger partial charge in [-0.3, -0.25) is 9.29 Å². The summed E-state index contributed by atoms with van der Waals surface area (Å²) in [5.74, 6) is -1.23. The zero-order chi connectivity index (χ0) is 35.7. The number of halogens is 2. The van der Waals surface area contributed by atoms with Gasteiger partial charge >= 0.3 is 5.97 Å². The van der Waals surface area contributed by atoms with E-state index in [1.54, 1.807) is 49.8 Å². The van der Waals surface area contributed by atoms with Gasteiger partial charge in [0.1, 0.15) is 29.5 Å². The van der Waals surface area contributed by atoms with Gasteiger partial charge in [-0.25, -0.2) is 22.0 Å². The van der Waals surface area contributed by atoms with Gasteiger partial charge in [-0.05, 0) is 71.1 Å². The number of sulfonamides is 1. The van der Waals surface area contributed by atoms with Crippen LogP contribution in [0, 0.1) is 11.6 Å². The molecule has 1 N–H and O–H groups in total. The van der Waals surface area contributed by atoms with Crippen molar-refractivity contribution < 1.29 is 41.3 Å². The SMILES string of the molecule is COC(=O)c1cc(F)ccc1Cn1cc2c(N(C)S(C)(=O)=O)c3cc(Cc4ccc(F)cc4)cnc3c(OCc3ccc(OC)cc3)c2c1O. The molecule has 0 spiro atoms. The van der Waals surface area contributed by atoms with Gasteiger partial charge in [-0.2, -0.15) is 0 Å². The molecule has 6 aromatic rings. The number of benzene rings is 4. The monoisotopic (exact) mass is 701 g/mol. The Labute approximate surface area is 287 Å². The maximum atomic E-state index is 14.2. The summed E-state index contributed by atoms with van der Waals surface area (Å²) in [4.78, 5) is 17.3. The number of fused-ring (bicyclic) bond motifs is 2. The number of rotatable bonds is 11. The van der Waals surface area contributed by atoms with Crippen LogP contribution in [0.4, 0.5) is 14.5 Å². The maximum Gasteiger partial charge on any atom is 0.338 e. The summed E-state index contributed by atoms with van der Waals surface area (Å²) in [6.45, 7) is -0.0473. The molecule has 0 saturated carbocycles. The molecule has 0 radical (unpaired) electrons. The van der Waals surface area contributed by atoms with Crippen molar-refractivity contribution in [1.82, 2.24) is 9.55 Å². The van der Waals surface area contributed by atoms with Crippen LogP contribution in [0.3, 0.4) is 0 Å². The first-order valence-corrected chi connectivity index (χ1v) is 17.2. The summed E-state index contributed by atoms with van der Waals surface area (Å²) >= 11 is 0. The lowest BCUT2D eigenvalue weighted by atomic mass is 10.0. The van der Waals surface area contributed by atoms with E-state index in [1.165, 1.54) is 43.0 Å². The average molecular weight is 702 g/mol. The van der Waals surface area contributed by atoms with Crippen LogP contribution in [0.1, 0.15) is 32.6 Å². The molecule has 0 atom stereocenters. The van der Waals surface area contributed by atoms with Crippen molar-refractivity contribution in [2.45, 2.75) is 19.6 Å². The van der Waals surface area contributed by atoms with Gasteiger partial charge < -0.3 is 23.9 Å². The van der Waals surface area contributed by atoms with Gasteiger partial charge in [0.15, 0.2) is 5.75 Å². The fourth-order valence-corrected chi connectivity index (χ4v) is 6.36. The van der Waals surface area contributed by atoms with E-state index in [1.807, 2.05) is 12.1 Å². The number of aromatic hydroxyl groups is 1. The van der Waals surface area contributed by atoms with E-state index >= 15 is 0 Å². The zero-order valence-corrected chi connectivity index (χ0v) is 28.4. The van der Waals surface area contributed by atoms with Gasteiger partial charge in [-0.1, -0.05) is 30.3 Å². The third-order valence-corrected chi connectivity index (χ3v) is 9.62. The molecule has 4 aromatic carbocycles. The number of hydrogen-bond donors (Lipinski definition) is 1. The molecule has 50 heavy (non-hydrogen) atoms. The Bertz CT molecular complexity index is 2340. The molecule has 10 nitrogen and oxygen atoms in total. The number of ether oxygens (including phenoxy) is 3. The Kier molecular flexibility index (Phi) is 9.35. The summed E-state index contributed by atoms with van der Waals surface area (Å²) in [5, 5.41) is 12.7. The molecule has 6 rings (SSSR count). The average Bonchev–Trinajstić information content (AvgIpc) is 3.42. The van der Waals surface area contributed by atoms with Crippen LogP contribution in [0.5, 0.6) is 17.4 Å². The van der Waals surface area contributed by atoms with E-state index in [0.29, 0.717) is 34.1 Å². The predicted molar refractivity (Wildman–Crippen MR) is 186 cm³/mol. The summed E-state index contributed by atoms with van der Waals surface area (Å²) in [7, 11) is 0.283. The van der Waals surface area contributed by atoms with Crippen molar-refractivity contribution in [3.8, 4) is 17.4 Å². The van der Waals surface area contributed by atoms with Crippen molar-refractivity contribution in [2.75, 3.05) is 31.8 Å². The number of pyridine rings is 1. The fourth-order valence-electron chi connectivity index (χ4n) is 5.83. The van der Waals surface area contributed by atoms with E-state index < -0.39 is 21.8 Å². The lowest BCUT2D eigenvalue weighted by Crippen LogP contribution is -2.25. The highest BCUT2D eigenvalue weighted by Crippen LogP contribution is 2.48. The van der Waals surface area contributed by atoms with E-state index in [4.69, 9.17) is 19.2 Å². The van der Waals surface area contributed by atoms with Crippen molar-refractivity contribution in [3.63, 3.8) is 0 Å². The highest BCUT2D eigenvalue weighted by Gasteiger charge is 2.28. The first-order valence-electron chi connectivity index (χ1n) is 15.3. The first kappa shape index (κ1) is 34.2. The third-order valence-electron chi connectivity index (χ3n) is 8.44. The maximum absolute atomic E-state index is 14.2. The molecule has 0 amide bonds. The molecule has 0 bridgehead atoms. The number of aromatic nitrogens is 2. The number of hydrogen-bond acceptors (Lipinski definition) is 8. The summed E-state index contributed by atoms with van der Waals surface area (Å²) in [6.07, 6.45) is 4.61. The van der Waals surface area contributed by atoms with Gasteiger partial charge in [0.2, 0.25) is 15.9 Å². The quantitative estimate of drug-likeness (QED) is 0.151. The third kappa shape index (κ3) is 6.77. The van der Waals surface area contributed by atoms with Crippen LogP contribution in [0.15, 0.2) is 85.2 Å². The summed E-state index contributed by atoms with van der Waals surface area (Å²) in [5.41, 5.74) is 3.12. The minimum absolute atomic E-state index is 0.0358. The Hall–Kier alpha value is -5.69.